The van der Waals surface area contributed by atoms with Crippen LogP contribution in [0.15, 0.2) is 24.3 Å². The third-order valence-electron chi connectivity index (χ3n) is 4.23. The van der Waals surface area contributed by atoms with Crippen LogP contribution in [0, 0.1) is 13.8 Å². The quantitative estimate of drug-likeness (QED) is 0.534. The van der Waals surface area contributed by atoms with E-state index >= 15 is 0 Å². The van der Waals surface area contributed by atoms with Gasteiger partial charge in [0.2, 0.25) is 5.28 Å². The van der Waals surface area contributed by atoms with Crippen LogP contribution in [0.3, 0.4) is 0 Å². The normalized spacial score (nSPS) is 11.2. The van der Waals surface area contributed by atoms with E-state index in [-0.39, 0.29) is 0 Å². The van der Waals surface area contributed by atoms with Crippen LogP contribution in [0.4, 0.5) is 5.82 Å². The molecule has 2 heterocycles. The monoisotopic (exact) mass is 359 g/mol. The van der Waals surface area contributed by atoms with Crippen LogP contribution in [0.2, 0.25) is 5.28 Å². The van der Waals surface area contributed by atoms with Crippen molar-refractivity contribution in [1.82, 2.24) is 9.97 Å². The molecule has 3 aromatic rings. The highest BCUT2D eigenvalue weighted by Gasteiger charge is 2.20. The molecule has 0 aliphatic heterocycles. The van der Waals surface area contributed by atoms with Gasteiger partial charge in [0.05, 0.1) is 5.39 Å². The Hall–Kier alpha value is -1.65. The number of aromatic nitrogens is 2. The van der Waals surface area contributed by atoms with Crippen molar-refractivity contribution in [2.24, 2.45) is 0 Å². The summed E-state index contributed by atoms with van der Waals surface area (Å²) in [5, 5.41) is 1.43. The van der Waals surface area contributed by atoms with Crippen LogP contribution in [0.25, 0.3) is 21.3 Å². The zero-order chi connectivity index (χ0) is 17.3. The van der Waals surface area contributed by atoms with Gasteiger partial charge in [0, 0.05) is 24.0 Å². The molecule has 0 N–H and O–H groups in total. The first-order valence-electron chi connectivity index (χ1n) is 8.26. The minimum absolute atomic E-state index is 0.317. The molecule has 0 radical (unpaired) electrons. The molecule has 24 heavy (non-hydrogen) atoms. The first-order chi connectivity index (χ1) is 11.5. The Morgan fingerprint density at radius 3 is 2.50 bits per heavy atom. The van der Waals surface area contributed by atoms with Gasteiger partial charge in [-0.2, -0.15) is 4.98 Å². The average molecular weight is 360 g/mol. The number of hydrogen-bond donors (Lipinski definition) is 0. The summed E-state index contributed by atoms with van der Waals surface area (Å²) in [5.41, 5.74) is 3.70. The van der Waals surface area contributed by atoms with E-state index in [1.165, 1.54) is 21.6 Å². The van der Waals surface area contributed by atoms with E-state index < -0.39 is 0 Å². The molecule has 0 unspecified atom stereocenters. The summed E-state index contributed by atoms with van der Waals surface area (Å²) < 4.78 is 0. The lowest BCUT2D eigenvalue weighted by Gasteiger charge is -2.19. The van der Waals surface area contributed by atoms with Gasteiger partial charge in [0.15, 0.2) is 0 Å². The fourth-order valence-corrected chi connectivity index (χ4v) is 4.17. The van der Waals surface area contributed by atoms with Crippen molar-refractivity contribution in [3.63, 3.8) is 0 Å². The molecule has 0 atom stereocenters. The van der Waals surface area contributed by atoms with Crippen LogP contribution in [0.5, 0.6) is 0 Å². The summed E-state index contributed by atoms with van der Waals surface area (Å²) in [6.07, 6.45) is 2.28. The molecule has 0 fully saturated rings. The standard InChI is InChI=1S/C19H22ClN3S/c1-5-6-11-23(4)17-16-15(14-9-7-12(2)8-10-14)13(3)24-18(16)22-19(20)21-17/h7-10H,5-6,11H2,1-4H3. The van der Waals surface area contributed by atoms with Crippen LogP contribution < -0.4 is 4.90 Å². The largest absolute Gasteiger partial charge is 0.359 e. The minimum atomic E-state index is 0.317. The summed E-state index contributed by atoms with van der Waals surface area (Å²) in [7, 11) is 2.08. The Morgan fingerprint density at radius 1 is 1.12 bits per heavy atom. The number of benzene rings is 1. The third kappa shape index (κ3) is 3.26. The summed E-state index contributed by atoms with van der Waals surface area (Å²) in [5.74, 6) is 0.929. The Kier molecular flexibility index (Phi) is 5.07. The summed E-state index contributed by atoms with van der Waals surface area (Å²) in [4.78, 5) is 13.4. The van der Waals surface area contributed by atoms with Gasteiger partial charge in [-0.3, -0.25) is 0 Å². The molecule has 0 saturated heterocycles. The second-order valence-electron chi connectivity index (χ2n) is 6.17. The molecule has 0 aliphatic rings. The lowest BCUT2D eigenvalue weighted by Crippen LogP contribution is -2.20. The Bertz CT molecular complexity index is 855. The summed E-state index contributed by atoms with van der Waals surface area (Å²) >= 11 is 7.87. The van der Waals surface area contributed by atoms with E-state index in [0.29, 0.717) is 5.28 Å². The molecular weight excluding hydrogens is 338 g/mol. The van der Waals surface area contributed by atoms with Gasteiger partial charge < -0.3 is 4.90 Å². The fraction of sp³-hybridized carbons (Fsp3) is 0.368. The number of thiophene rings is 1. The van der Waals surface area contributed by atoms with E-state index in [4.69, 9.17) is 11.6 Å². The van der Waals surface area contributed by atoms with E-state index in [1.54, 1.807) is 11.3 Å². The van der Waals surface area contributed by atoms with Gasteiger partial charge in [0.1, 0.15) is 10.6 Å². The first kappa shape index (κ1) is 17.2. The van der Waals surface area contributed by atoms with Gasteiger partial charge in [0.25, 0.3) is 0 Å². The lowest BCUT2D eigenvalue weighted by molar-refractivity contribution is 0.761. The zero-order valence-electron chi connectivity index (χ0n) is 14.6. The highest BCUT2D eigenvalue weighted by Crippen LogP contribution is 2.42. The van der Waals surface area contributed by atoms with E-state index in [0.717, 1.165) is 35.4 Å². The average Bonchev–Trinajstić information content (AvgIpc) is 2.88. The minimum Gasteiger partial charge on any atom is -0.359 e. The van der Waals surface area contributed by atoms with Crippen LogP contribution in [-0.4, -0.2) is 23.6 Å². The predicted molar refractivity (Wildman–Crippen MR) is 106 cm³/mol. The van der Waals surface area contributed by atoms with Crippen LogP contribution in [0.1, 0.15) is 30.2 Å². The van der Waals surface area contributed by atoms with Crippen molar-refractivity contribution in [1.29, 1.82) is 0 Å². The Morgan fingerprint density at radius 2 is 1.83 bits per heavy atom. The van der Waals surface area contributed by atoms with E-state index in [1.807, 2.05) is 0 Å². The van der Waals surface area contributed by atoms with Crippen molar-refractivity contribution < 1.29 is 0 Å². The van der Waals surface area contributed by atoms with Gasteiger partial charge in [-0.1, -0.05) is 43.2 Å². The van der Waals surface area contributed by atoms with E-state index in [2.05, 4.69) is 67.0 Å². The smallest absolute Gasteiger partial charge is 0.225 e. The molecule has 3 nitrogen and oxygen atoms in total. The van der Waals surface area contributed by atoms with Crippen LogP contribution >= 0.6 is 22.9 Å². The topological polar surface area (TPSA) is 29.0 Å². The number of unbranched alkanes of at least 4 members (excludes halogenated alkanes) is 1. The summed E-state index contributed by atoms with van der Waals surface area (Å²) in [6.45, 7) is 7.41. The molecular formula is C19H22ClN3S. The number of rotatable bonds is 5. The molecule has 0 saturated carbocycles. The maximum atomic E-state index is 6.19. The Labute approximate surface area is 152 Å². The second kappa shape index (κ2) is 7.08. The predicted octanol–water partition coefficient (Wildman–Crippen LogP) is 5.86. The first-order valence-corrected chi connectivity index (χ1v) is 9.45. The van der Waals surface area contributed by atoms with Crippen molar-refractivity contribution >= 4 is 39.0 Å². The highest BCUT2D eigenvalue weighted by atomic mass is 35.5. The van der Waals surface area contributed by atoms with Crippen LogP contribution in [-0.2, 0) is 0 Å². The number of anilines is 1. The number of nitrogens with zero attached hydrogens (tertiary/aromatic N) is 3. The third-order valence-corrected chi connectivity index (χ3v) is 5.40. The molecule has 3 rings (SSSR count). The number of halogens is 1. The van der Waals surface area contributed by atoms with Crippen molar-refractivity contribution in [3.05, 3.63) is 40.0 Å². The van der Waals surface area contributed by atoms with Gasteiger partial charge in [-0.15, -0.1) is 11.3 Å². The van der Waals surface area contributed by atoms with Crippen molar-refractivity contribution in [2.45, 2.75) is 33.6 Å². The number of aryl methyl sites for hydroxylation is 2. The maximum Gasteiger partial charge on any atom is 0.225 e. The van der Waals surface area contributed by atoms with Crippen molar-refractivity contribution in [3.8, 4) is 11.1 Å². The van der Waals surface area contributed by atoms with Gasteiger partial charge >= 0.3 is 0 Å². The fourth-order valence-electron chi connectivity index (χ4n) is 2.91. The zero-order valence-corrected chi connectivity index (χ0v) is 16.1. The summed E-state index contributed by atoms with van der Waals surface area (Å²) in [6, 6.07) is 8.65. The maximum absolute atomic E-state index is 6.19. The van der Waals surface area contributed by atoms with Crippen molar-refractivity contribution in [2.75, 3.05) is 18.5 Å². The SMILES string of the molecule is CCCCN(C)c1nc(Cl)nc2sc(C)c(-c3ccc(C)cc3)c12. The number of fused-ring (bicyclic) bond motifs is 1. The molecule has 2 aromatic heterocycles. The molecule has 0 spiro atoms. The number of hydrogen-bond acceptors (Lipinski definition) is 4. The molecule has 0 bridgehead atoms. The molecule has 126 valence electrons. The van der Waals surface area contributed by atoms with Gasteiger partial charge in [-0.25, -0.2) is 4.98 Å². The molecule has 0 aliphatic carbocycles. The molecule has 0 amide bonds. The van der Waals surface area contributed by atoms with Gasteiger partial charge in [-0.05, 0) is 37.4 Å². The second-order valence-corrected chi connectivity index (χ2v) is 7.71. The lowest BCUT2D eigenvalue weighted by atomic mass is 10.0. The van der Waals surface area contributed by atoms with E-state index in [9.17, 15) is 0 Å². The molecule has 5 heteroatoms. The Balaban J connectivity index is 2.22. The molecule has 1 aromatic carbocycles. The highest BCUT2D eigenvalue weighted by molar-refractivity contribution is 7.19.